The van der Waals surface area contributed by atoms with E-state index in [0.29, 0.717) is 6.42 Å². The molecular formula is C45H75N9O7. The van der Waals surface area contributed by atoms with Gasteiger partial charge in [0.1, 0.15) is 24.2 Å². The number of hydrogen-bond acceptors (Lipinski definition) is 9. The summed E-state index contributed by atoms with van der Waals surface area (Å²) in [6, 6.07) is 1.67. The summed E-state index contributed by atoms with van der Waals surface area (Å²) in [6.07, 6.45) is 2.37. The molecule has 16 heteroatoms. The number of hydrogen-bond donors (Lipinski definition) is 8. The molecular weight excluding hydrogens is 779 g/mol. The van der Waals surface area contributed by atoms with Crippen LogP contribution in [-0.4, -0.2) is 115 Å². The minimum absolute atomic E-state index is 0.0164. The van der Waals surface area contributed by atoms with Crippen molar-refractivity contribution in [3.63, 3.8) is 0 Å². The van der Waals surface area contributed by atoms with Crippen LogP contribution in [0.3, 0.4) is 0 Å². The average Bonchev–Trinajstić information content (AvgIpc) is 3.62. The minimum atomic E-state index is -1.13. The van der Waals surface area contributed by atoms with Gasteiger partial charge in [0.2, 0.25) is 41.4 Å². The third-order valence-corrected chi connectivity index (χ3v) is 12.1. The Hall–Kier alpha value is -4.57. The fourth-order valence-electron chi connectivity index (χ4n) is 7.48. The molecule has 9 atom stereocenters. The second kappa shape index (κ2) is 22.0. The van der Waals surface area contributed by atoms with E-state index < -0.39 is 76.8 Å². The maximum atomic E-state index is 14.4. The number of likely N-dealkylation sites (N-methyl/N-ethyl adjacent to an activating group) is 2. The van der Waals surface area contributed by atoms with E-state index in [-0.39, 0.29) is 61.5 Å². The molecule has 61 heavy (non-hydrogen) atoms. The molecule has 1 aromatic rings. The van der Waals surface area contributed by atoms with Crippen LogP contribution in [0.5, 0.6) is 0 Å². The number of benzene rings is 1. The van der Waals surface area contributed by atoms with Crippen LogP contribution in [0.25, 0.3) is 0 Å². The molecule has 342 valence electrons. The Morgan fingerprint density at radius 2 is 1.30 bits per heavy atom. The lowest BCUT2D eigenvalue weighted by molar-refractivity contribution is -0.144. The van der Waals surface area contributed by atoms with Crippen molar-refractivity contribution in [2.24, 2.45) is 16.7 Å². The number of fused-ring (bicyclic) bond motifs is 1. The van der Waals surface area contributed by atoms with Gasteiger partial charge in [0.05, 0.1) is 18.1 Å². The molecule has 0 aromatic heterocycles. The Balaban J connectivity index is 1.87. The Labute approximate surface area is 363 Å². The van der Waals surface area contributed by atoms with Crippen LogP contribution in [0, 0.1) is 16.7 Å². The molecule has 0 radical (unpaired) electrons. The SMILES string of the molecule is CN[C@@H](C)C(=O)N[C@H](C(=O)N1C[C@@H](NC(=O)CC[C@@H](NC(=O)[C@H](NC(=O)[C@@H](C)NC)C(C)(C)C)C(=O)N[C@H]2CCCc3ccccc32)C[C@H]1C(=O)N[C@H](C)C(C)C)C(C)(C)C. The Bertz CT molecular complexity index is 1720. The largest absolute Gasteiger partial charge is 0.352 e. The van der Waals surface area contributed by atoms with E-state index in [4.69, 9.17) is 0 Å². The number of likely N-dealkylation sites (tertiary alicyclic amines) is 1. The van der Waals surface area contributed by atoms with Crippen molar-refractivity contribution in [2.45, 2.75) is 169 Å². The lowest BCUT2D eigenvalue weighted by Gasteiger charge is -2.36. The Morgan fingerprint density at radius 3 is 1.85 bits per heavy atom. The summed E-state index contributed by atoms with van der Waals surface area (Å²) in [5.41, 5.74) is 0.715. The highest BCUT2D eigenvalue weighted by molar-refractivity contribution is 5.95. The molecule has 8 N–H and O–H groups in total. The molecule has 1 aromatic carbocycles. The molecule has 2 aliphatic rings. The van der Waals surface area contributed by atoms with Crippen LogP contribution in [-0.2, 0) is 40.0 Å². The van der Waals surface area contributed by atoms with Crippen molar-refractivity contribution in [2.75, 3.05) is 20.6 Å². The summed E-state index contributed by atoms with van der Waals surface area (Å²) in [5.74, 6) is -2.87. The zero-order valence-electron chi connectivity index (χ0n) is 38.8. The van der Waals surface area contributed by atoms with E-state index >= 15 is 0 Å². The van der Waals surface area contributed by atoms with Gasteiger partial charge in [-0.1, -0.05) is 79.7 Å². The molecule has 16 nitrogen and oxygen atoms in total. The van der Waals surface area contributed by atoms with E-state index in [1.165, 1.54) is 4.90 Å². The predicted molar refractivity (Wildman–Crippen MR) is 236 cm³/mol. The summed E-state index contributed by atoms with van der Waals surface area (Å²) in [4.78, 5) is 97.5. The van der Waals surface area contributed by atoms with Crippen LogP contribution in [0.1, 0.15) is 125 Å². The second-order valence-corrected chi connectivity index (χ2v) is 19.4. The maximum absolute atomic E-state index is 14.4. The monoisotopic (exact) mass is 854 g/mol. The van der Waals surface area contributed by atoms with E-state index in [1.54, 1.807) is 27.9 Å². The zero-order chi connectivity index (χ0) is 46.0. The predicted octanol–water partition coefficient (Wildman–Crippen LogP) is 1.97. The normalized spacial score (nSPS) is 20.8. The van der Waals surface area contributed by atoms with E-state index in [0.717, 1.165) is 24.0 Å². The molecule has 7 amide bonds. The van der Waals surface area contributed by atoms with Crippen molar-refractivity contribution >= 4 is 41.4 Å². The number of carbonyl (C=O) groups excluding carboxylic acids is 7. The number of nitrogens with zero attached hydrogens (tertiary/aromatic N) is 1. The molecule has 3 rings (SSSR count). The van der Waals surface area contributed by atoms with Gasteiger partial charge in [0.15, 0.2) is 0 Å². The lowest BCUT2D eigenvalue weighted by Crippen LogP contribution is -2.60. The fourth-order valence-corrected chi connectivity index (χ4v) is 7.48. The van der Waals surface area contributed by atoms with Gasteiger partial charge >= 0.3 is 0 Å². The first-order valence-electron chi connectivity index (χ1n) is 21.9. The summed E-state index contributed by atoms with van der Waals surface area (Å²) in [7, 11) is 3.29. The highest BCUT2D eigenvalue weighted by atomic mass is 16.2. The van der Waals surface area contributed by atoms with Gasteiger partial charge in [-0.05, 0) is 94.8 Å². The second-order valence-electron chi connectivity index (χ2n) is 19.4. The van der Waals surface area contributed by atoms with Crippen LogP contribution in [0.4, 0.5) is 0 Å². The topological polar surface area (TPSA) is 219 Å². The van der Waals surface area contributed by atoms with Gasteiger partial charge in [0, 0.05) is 25.0 Å². The van der Waals surface area contributed by atoms with Crippen LogP contribution >= 0.6 is 0 Å². The smallest absolute Gasteiger partial charge is 0.246 e. The third kappa shape index (κ3) is 14.2. The minimum Gasteiger partial charge on any atom is -0.352 e. The number of nitrogens with one attached hydrogen (secondary N) is 8. The van der Waals surface area contributed by atoms with E-state index in [9.17, 15) is 33.6 Å². The Kier molecular flexibility index (Phi) is 18.3. The molecule has 0 unspecified atom stereocenters. The lowest BCUT2D eigenvalue weighted by atomic mass is 9.85. The van der Waals surface area contributed by atoms with Gasteiger partial charge in [-0.15, -0.1) is 0 Å². The van der Waals surface area contributed by atoms with Crippen LogP contribution in [0.15, 0.2) is 24.3 Å². The molecule has 1 saturated heterocycles. The summed E-state index contributed by atoms with van der Waals surface area (Å²) >= 11 is 0. The molecule has 1 aliphatic heterocycles. The molecule has 1 fully saturated rings. The first-order chi connectivity index (χ1) is 28.4. The summed E-state index contributed by atoms with van der Waals surface area (Å²) in [5, 5.41) is 23.5. The van der Waals surface area contributed by atoms with E-state index in [1.807, 2.05) is 86.6 Å². The quantitative estimate of drug-likeness (QED) is 0.108. The summed E-state index contributed by atoms with van der Waals surface area (Å²) in [6.45, 7) is 20.2. The molecule has 0 bridgehead atoms. The van der Waals surface area contributed by atoms with Crippen LogP contribution < -0.4 is 42.5 Å². The van der Waals surface area contributed by atoms with Crippen LogP contribution in [0.2, 0.25) is 0 Å². The first-order valence-corrected chi connectivity index (χ1v) is 21.9. The zero-order valence-corrected chi connectivity index (χ0v) is 38.8. The number of carbonyl (C=O) groups is 7. The van der Waals surface area contributed by atoms with Gasteiger partial charge in [-0.2, -0.15) is 0 Å². The fraction of sp³-hybridized carbons (Fsp3) is 0.711. The van der Waals surface area contributed by atoms with Gasteiger partial charge in [0.25, 0.3) is 0 Å². The summed E-state index contributed by atoms with van der Waals surface area (Å²) < 4.78 is 0. The van der Waals surface area contributed by atoms with E-state index in [2.05, 4.69) is 42.5 Å². The standard InChI is InChI=1S/C45H75N9O7/c1-25(2)26(3)48-41(59)34-23-30(24-54(34)43(61)37(45(9,10)11)53-39(57)28(5)47-13)49-35(55)22-21-33(40(58)50-32-20-16-18-29-17-14-15-19-31(29)32)51-42(60)36(44(6,7)8)52-38(56)27(4)46-12/h14-15,17,19,25-28,30,32-34,36-37,46-47H,16,18,20-24H2,1-13H3,(H,48,59)(H,49,55)(H,50,58)(H,51,60)(H,52,56)(H,53,57)/t26-,27-,28+,30+,32+,33-,34+,36+,37-/m1/s1. The third-order valence-electron chi connectivity index (χ3n) is 12.1. The van der Waals surface area contributed by atoms with Gasteiger partial charge in [-0.3, -0.25) is 33.6 Å². The molecule has 0 saturated carbocycles. The Morgan fingerprint density at radius 1 is 0.721 bits per heavy atom. The number of aryl methyl sites for hydroxylation is 1. The number of rotatable bonds is 18. The van der Waals surface area contributed by atoms with Crippen molar-refractivity contribution in [3.05, 3.63) is 35.4 Å². The van der Waals surface area contributed by atoms with Crippen molar-refractivity contribution < 1.29 is 33.6 Å². The molecule has 0 spiro atoms. The highest BCUT2D eigenvalue weighted by Crippen LogP contribution is 2.30. The van der Waals surface area contributed by atoms with Crippen molar-refractivity contribution in [1.82, 2.24) is 47.4 Å². The van der Waals surface area contributed by atoms with Crippen molar-refractivity contribution in [1.29, 1.82) is 0 Å². The molecule has 1 heterocycles. The first kappa shape index (κ1) is 50.8. The van der Waals surface area contributed by atoms with Gasteiger partial charge in [-0.25, -0.2) is 0 Å². The van der Waals surface area contributed by atoms with Crippen molar-refractivity contribution in [3.8, 4) is 0 Å². The maximum Gasteiger partial charge on any atom is 0.246 e. The highest BCUT2D eigenvalue weighted by Gasteiger charge is 2.46. The molecule has 1 aliphatic carbocycles. The average molecular weight is 854 g/mol. The van der Waals surface area contributed by atoms with Gasteiger partial charge < -0.3 is 47.4 Å². The number of amides is 7.